The Labute approximate surface area is 134 Å². The number of alkyl halides is 6. The van der Waals surface area contributed by atoms with Crippen LogP contribution in [0, 0.1) is 0 Å². The van der Waals surface area contributed by atoms with Crippen molar-refractivity contribution in [2.75, 3.05) is 5.75 Å². The lowest BCUT2D eigenvalue weighted by molar-refractivity contribution is -0.143. The number of rotatable bonds is 1. The zero-order chi connectivity index (χ0) is 17.7. The van der Waals surface area contributed by atoms with E-state index in [1.165, 1.54) is 0 Å². The van der Waals surface area contributed by atoms with Crippen molar-refractivity contribution < 1.29 is 26.3 Å². The Balaban J connectivity index is 2.21. The molecule has 1 aliphatic heterocycles. The highest BCUT2D eigenvalue weighted by Crippen LogP contribution is 2.39. The number of nitrogens with two attached hydrogens (primary N) is 1. The smallest absolute Gasteiger partial charge is 0.385 e. The SMILES string of the molecule is NC1=Nn2c(nnc2-c2cc(C(F)(F)F)cc(C(F)(F)F)c2)SC1. The third-order valence-electron chi connectivity index (χ3n) is 3.04. The van der Waals surface area contributed by atoms with Gasteiger partial charge in [0.15, 0.2) is 5.82 Å². The molecule has 0 amide bonds. The number of aromatic nitrogens is 3. The molecule has 0 fully saturated rings. The van der Waals surface area contributed by atoms with E-state index in [-0.39, 0.29) is 22.9 Å². The average molecular weight is 367 g/mol. The van der Waals surface area contributed by atoms with Crippen LogP contribution in [0.5, 0.6) is 0 Å². The van der Waals surface area contributed by atoms with Crippen LogP contribution < -0.4 is 5.73 Å². The van der Waals surface area contributed by atoms with E-state index in [2.05, 4.69) is 15.3 Å². The fraction of sp³-hybridized carbons (Fsp3) is 0.250. The molecular weight excluding hydrogens is 360 g/mol. The number of halogens is 6. The summed E-state index contributed by atoms with van der Waals surface area (Å²) >= 11 is 1.12. The average Bonchev–Trinajstić information content (AvgIpc) is 2.88. The summed E-state index contributed by atoms with van der Waals surface area (Å²) in [6, 6.07) is 1.18. The van der Waals surface area contributed by atoms with Crippen molar-refractivity contribution in [1.29, 1.82) is 0 Å². The van der Waals surface area contributed by atoms with Gasteiger partial charge in [0.05, 0.1) is 16.9 Å². The first-order chi connectivity index (χ1) is 11.1. The number of hydrogen-bond acceptors (Lipinski definition) is 5. The topological polar surface area (TPSA) is 69.1 Å². The fourth-order valence-corrected chi connectivity index (χ4v) is 2.69. The van der Waals surface area contributed by atoms with E-state index < -0.39 is 29.0 Å². The molecular formula is C12H7F6N5S. The van der Waals surface area contributed by atoms with Gasteiger partial charge < -0.3 is 5.73 Å². The number of hydrogen-bond donors (Lipinski definition) is 1. The molecule has 0 saturated heterocycles. The molecule has 128 valence electrons. The van der Waals surface area contributed by atoms with Crippen molar-refractivity contribution in [2.24, 2.45) is 10.8 Å². The van der Waals surface area contributed by atoms with Gasteiger partial charge in [-0.25, -0.2) is 0 Å². The second kappa shape index (κ2) is 5.40. The highest BCUT2D eigenvalue weighted by Gasteiger charge is 2.37. The van der Waals surface area contributed by atoms with Crippen LogP contribution in [0.3, 0.4) is 0 Å². The molecule has 0 saturated carbocycles. The van der Waals surface area contributed by atoms with Gasteiger partial charge >= 0.3 is 12.4 Å². The maximum atomic E-state index is 12.9. The van der Waals surface area contributed by atoms with Gasteiger partial charge in [-0.1, -0.05) is 11.8 Å². The summed E-state index contributed by atoms with van der Waals surface area (Å²) in [6.45, 7) is 0. The molecule has 3 rings (SSSR count). The zero-order valence-electron chi connectivity index (χ0n) is 11.5. The molecule has 0 atom stereocenters. The molecule has 0 unspecified atom stereocenters. The van der Waals surface area contributed by atoms with Gasteiger partial charge in [0.1, 0.15) is 5.84 Å². The van der Waals surface area contributed by atoms with E-state index in [1.807, 2.05) is 0 Å². The first-order valence-corrected chi connectivity index (χ1v) is 7.25. The molecule has 5 nitrogen and oxygen atoms in total. The molecule has 2 N–H and O–H groups in total. The number of thioether (sulfide) groups is 1. The Kier molecular flexibility index (Phi) is 3.73. The lowest BCUT2D eigenvalue weighted by Crippen LogP contribution is -2.20. The molecule has 24 heavy (non-hydrogen) atoms. The Bertz CT molecular complexity index is 790. The fourth-order valence-electron chi connectivity index (χ4n) is 2.01. The zero-order valence-corrected chi connectivity index (χ0v) is 12.3. The maximum absolute atomic E-state index is 12.9. The van der Waals surface area contributed by atoms with Gasteiger partial charge in [-0.3, -0.25) is 0 Å². The van der Waals surface area contributed by atoms with Gasteiger partial charge in [0, 0.05) is 5.56 Å². The third kappa shape index (κ3) is 3.05. The minimum atomic E-state index is -4.95. The molecule has 0 aliphatic carbocycles. The number of fused-ring (bicyclic) bond motifs is 1. The molecule has 1 aliphatic rings. The lowest BCUT2D eigenvalue weighted by atomic mass is 10.0. The summed E-state index contributed by atoms with van der Waals surface area (Å²) in [5.74, 6) is 0.197. The van der Waals surface area contributed by atoms with Gasteiger partial charge in [0.2, 0.25) is 5.16 Å². The number of benzene rings is 1. The molecule has 1 aromatic heterocycles. The first kappa shape index (κ1) is 16.6. The first-order valence-electron chi connectivity index (χ1n) is 6.27. The number of amidine groups is 1. The molecule has 0 bridgehead atoms. The van der Waals surface area contributed by atoms with E-state index in [0.717, 1.165) is 16.4 Å². The van der Waals surface area contributed by atoms with Crippen LogP contribution in [0.1, 0.15) is 11.1 Å². The van der Waals surface area contributed by atoms with Crippen LogP contribution in [-0.2, 0) is 12.4 Å². The van der Waals surface area contributed by atoms with Gasteiger partial charge in [-0.2, -0.15) is 36.1 Å². The minimum Gasteiger partial charge on any atom is -0.385 e. The standard InChI is InChI=1S/C12H7F6N5S/c13-11(14,15)6-1-5(2-7(3-6)12(16,17)18)9-20-21-10-23(9)22-8(19)4-24-10/h1-3H,4H2,(H2,19,22). The third-order valence-corrected chi connectivity index (χ3v) is 3.99. The predicted molar refractivity (Wildman–Crippen MR) is 73.2 cm³/mol. The van der Waals surface area contributed by atoms with Crippen molar-refractivity contribution in [2.45, 2.75) is 17.5 Å². The second-order valence-corrected chi connectivity index (χ2v) is 5.74. The summed E-state index contributed by atoms with van der Waals surface area (Å²) in [4.78, 5) is 0. The summed E-state index contributed by atoms with van der Waals surface area (Å²) in [6.07, 6.45) is -9.89. The van der Waals surface area contributed by atoms with Crippen molar-refractivity contribution in [3.05, 3.63) is 29.3 Å². The van der Waals surface area contributed by atoms with Crippen molar-refractivity contribution in [1.82, 2.24) is 14.9 Å². The Morgan fingerprint density at radius 3 is 2.08 bits per heavy atom. The highest BCUT2D eigenvalue weighted by atomic mass is 32.2. The van der Waals surface area contributed by atoms with Crippen molar-refractivity contribution in [3.63, 3.8) is 0 Å². The monoisotopic (exact) mass is 367 g/mol. The second-order valence-electron chi connectivity index (χ2n) is 4.79. The van der Waals surface area contributed by atoms with E-state index in [1.54, 1.807) is 0 Å². The van der Waals surface area contributed by atoms with Crippen molar-refractivity contribution >= 4 is 17.6 Å². The van der Waals surface area contributed by atoms with Crippen LogP contribution in [0.2, 0.25) is 0 Å². The van der Waals surface area contributed by atoms with Gasteiger partial charge in [-0.15, -0.1) is 10.2 Å². The van der Waals surface area contributed by atoms with Crippen LogP contribution in [0.15, 0.2) is 28.5 Å². The largest absolute Gasteiger partial charge is 0.416 e. The Morgan fingerprint density at radius 2 is 1.54 bits per heavy atom. The van der Waals surface area contributed by atoms with Crippen molar-refractivity contribution in [3.8, 4) is 11.4 Å². The predicted octanol–water partition coefficient (Wildman–Crippen LogP) is 3.21. The molecule has 12 heteroatoms. The highest BCUT2D eigenvalue weighted by molar-refractivity contribution is 7.99. The van der Waals surface area contributed by atoms with Crippen LogP contribution in [0.4, 0.5) is 26.3 Å². The summed E-state index contributed by atoms with van der Waals surface area (Å²) in [5.41, 5.74) is 2.26. The van der Waals surface area contributed by atoms with Crippen LogP contribution in [-0.4, -0.2) is 26.5 Å². The lowest BCUT2D eigenvalue weighted by Gasteiger charge is -2.15. The minimum absolute atomic E-state index is 0.0450. The van der Waals surface area contributed by atoms with Gasteiger partial charge in [0.25, 0.3) is 0 Å². The van der Waals surface area contributed by atoms with E-state index in [4.69, 9.17) is 5.73 Å². The molecule has 0 spiro atoms. The molecule has 0 radical (unpaired) electrons. The summed E-state index contributed by atoms with van der Waals surface area (Å²) < 4.78 is 78.5. The molecule has 1 aromatic carbocycles. The van der Waals surface area contributed by atoms with E-state index in [0.29, 0.717) is 17.9 Å². The quantitative estimate of drug-likeness (QED) is 0.786. The van der Waals surface area contributed by atoms with E-state index in [9.17, 15) is 26.3 Å². The Morgan fingerprint density at radius 1 is 0.958 bits per heavy atom. The molecule has 2 heterocycles. The number of nitrogens with zero attached hydrogens (tertiary/aromatic N) is 4. The normalized spacial score (nSPS) is 15.2. The Hall–Kier alpha value is -2.24. The summed E-state index contributed by atoms with van der Waals surface area (Å²) in [7, 11) is 0. The summed E-state index contributed by atoms with van der Waals surface area (Å²) in [5, 5.41) is 11.4. The van der Waals surface area contributed by atoms with Gasteiger partial charge in [-0.05, 0) is 18.2 Å². The van der Waals surface area contributed by atoms with Crippen LogP contribution >= 0.6 is 11.8 Å². The molecule has 2 aromatic rings. The maximum Gasteiger partial charge on any atom is 0.416 e. The van der Waals surface area contributed by atoms with E-state index >= 15 is 0 Å². The van der Waals surface area contributed by atoms with Crippen LogP contribution in [0.25, 0.3) is 11.4 Å².